The molecule has 9 heteroatoms. The van der Waals surface area contributed by atoms with E-state index >= 15 is 0 Å². The quantitative estimate of drug-likeness (QED) is 0.611. The first-order valence-electron chi connectivity index (χ1n) is 7.00. The molecule has 1 aromatic carbocycles. The molecule has 0 saturated carbocycles. The Hall–Kier alpha value is -1.77. The highest BCUT2D eigenvalue weighted by molar-refractivity contribution is 7.99. The molecule has 0 bridgehead atoms. The largest absolute Gasteiger partial charge is 0.481 e. The maximum absolute atomic E-state index is 12.7. The van der Waals surface area contributed by atoms with E-state index in [4.69, 9.17) is 16.3 Å². The number of fused-ring (bicyclic) bond motifs is 5. The number of hydrogen-bond acceptors (Lipinski definition) is 6. The molecule has 2 aliphatic rings. The van der Waals surface area contributed by atoms with Crippen molar-refractivity contribution in [2.75, 3.05) is 5.75 Å². The molecule has 0 spiro atoms. The standard InChI is InChI=1S/C15H10ClNO5S2/c16-6-1-2-8-7(3-6)10-11-12(17-14(21)24-11)23-5-15(10,4-9(18)19)13(20)22-8/h1-3,10H,4-5H2,(H,17,21)(H,18,19)/t10-,15+/m1/s1. The number of H-pyrrole nitrogens is 1. The molecule has 2 aromatic rings. The smallest absolute Gasteiger partial charge is 0.319 e. The van der Waals surface area contributed by atoms with Crippen molar-refractivity contribution < 1.29 is 19.4 Å². The van der Waals surface area contributed by atoms with Gasteiger partial charge in [-0.25, -0.2) is 0 Å². The first kappa shape index (κ1) is 15.7. The lowest BCUT2D eigenvalue weighted by atomic mass is 9.68. The number of rotatable bonds is 2. The van der Waals surface area contributed by atoms with Gasteiger partial charge < -0.3 is 14.8 Å². The zero-order valence-corrected chi connectivity index (χ0v) is 14.4. The van der Waals surface area contributed by atoms with E-state index in [-0.39, 0.29) is 17.0 Å². The van der Waals surface area contributed by atoms with Gasteiger partial charge in [-0.15, -0.1) is 11.8 Å². The van der Waals surface area contributed by atoms with Crippen LogP contribution in [0.4, 0.5) is 0 Å². The molecule has 0 radical (unpaired) electrons. The number of halogens is 1. The zero-order valence-electron chi connectivity index (χ0n) is 12.0. The van der Waals surface area contributed by atoms with Crippen molar-refractivity contribution in [3.8, 4) is 5.75 Å². The maximum Gasteiger partial charge on any atom is 0.319 e. The molecule has 0 aliphatic carbocycles. The summed E-state index contributed by atoms with van der Waals surface area (Å²) >= 11 is 8.37. The molecule has 1 aromatic heterocycles. The fourth-order valence-electron chi connectivity index (χ4n) is 3.31. The third kappa shape index (κ3) is 2.21. The van der Waals surface area contributed by atoms with E-state index in [9.17, 15) is 19.5 Å². The van der Waals surface area contributed by atoms with E-state index in [0.29, 0.717) is 26.2 Å². The molecule has 6 nitrogen and oxygen atoms in total. The number of benzene rings is 1. The monoisotopic (exact) mass is 383 g/mol. The molecule has 0 amide bonds. The Labute approximate surface area is 148 Å². The van der Waals surface area contributed by atoms with Crippen LogP contribution < -0.4 is 9.61 Å². The Morgan fingerprint density at radius 3 is 3.00 bits per heavy atom. The molecular weight excluding hydrogens is 374 g/mol. The van der Waals surface area contributed by atoms with Gasteiger partial charge in [-0.3, -0.25) is 14.4 Å². The van der Waals surface area contributed by atoms with Crippen LogP contribution in [-0.2, 0) is 9.59 Å². The van der Waals surface area contributed by atoms with Crippen molar-refractivity contribution in [1.82, 2.24) is 4.98 Å². The number of carbonyl (C=O) groups is 2. The number of hydrogen-bond donors (Lipinski definition) is 2. The Bertz CT molecular complexity index is 936. The maximum atomic E-state index is 12.7. The van der Waals surface area contributed by atoms with Crippen LogP contribution >= 0.6 is 34.7 Å². The van der Waals surface area contributed by atoms with Gasteiger partial charge in [-0.05, 0) is 18.2 Å². The molecule has 124 valence electrons. The first-order valence-corrected chi connectivity index (χ1v) is 9.18. The number of aliphatic carboxylic acids is 1. The summed E-state index contributed by atoms with van der Waals surface area (Å²) in [4.78, 5) is 39.2. The average Bonchev–Trinajstić information content (AvgIpc) is 2.88. The molecule has 4 rings (SSSR count). The number of thioether (sulfide) groups is 1. The van der Waals surface area contributed by atoms with Crippen LogP contribution in [0.25, 0.3) is 0 Å². The molecule has 2 N–H and O–H groups in total. The van der Waals surface area contributed by atoms with Gasteiger partial charge in [0.25, 0.3) is 0 Å². The second kappa shape index (κ2) is 5.37. The van der Waals surface area contributed by atoms with Crippen LogP contribution in [0.15, 0.2) is 28.0 Å². The number of ether oxygens (including phenoxy) is 1. The van der Waals surface area contributed by atoms with Crippen LogP contribution in [0.2, 0.25) is 5.02 Å². The van der Waals surface area contributed by atoms with E-state index in [1.165, 1.54) is 11.8 Å². The summed E-state index contributed by atoms with van der Waals surface area (Å²) in [6.07, 6.45) is -0.374. The summed E-state index contributed by atoms with van der Waals surface area (Å²) in [6.45, 7) is 0. The highest BCUT2D eigenvalue weighted by Gasteiger charge is 2.57. The average molecular weight is 384 g/mol. The Kier molecular flexibility index (Phi) is 3.52. The lowest BCUT2D eigenvalue weighted by molar-refractivity contribution is -0.154. The predicted molar refractivity (Wildman–Crippen MR) is 89.3 cm³/mol. The number of carbonyl (C=O) groups excluding carboxylic acids is 1. The molecule has 3 heterocycles. The number of carboxylic acid groups (broad SMARTS) is 1. The lowest BCUT2D eigenvalue weighted by Crippen LogP contribution is -2.48. The number of carboxylic acids is 1. The summed E-state index contributed by atoms with van der Waals surface area (Å²) in [5, 5.41) is 10.5. The summed E-state index contributed by atoms with van der Waals surface area (Å²) in [6, 6.07) is 4.88. The lowest BCUT2D eigenvalue weighted by Gasteiger charge is -2.43. The number of aromatic nitrogens is 1. The molecule has 0 saturated heterocycles. The molecule has 24 heavy (non-hydrogen) atoms. The Morgan fingerprint density at radius 1 is 1.46 bits per heavy atom. The third-order valence-corrected chi connectivity index (χ3v) is 6.87. The molecule has 0 fully saturated rings. The van der Waals surface area contributed by atoms with Crippen molar-refractivity contribution >= 4 is 46.6 Å². The van der Waals surface area contributed by atoms with Crippen molar-refractivity contribution in [2.45, 2.75) is 17.4 Å². The minimum atomic E-state index is -1.26. The van der Waals surface area contributed by atoms with E-state index in [2.05, 4.69) is 4.98 Å². The fraction of sp³-hybridized carbons (Fsp3) is 0.267. The minimum absolute atomic E-state index is 0.217. The van der Waals surface area contributed by atoms with Crippen LogP contribution in [0.5, 0.6) is 5.75 Å². The number of thiazole rings is 1. The van der Waals surface area contributed by atoms with E-state index in [1.807, 2.05) is 0 Å². The fourth-order valence-corrected chi connectivity index (χ4v) is 6.04. The van der Waals surface area contributed by atoms with Gasteiger partial charge in [0.05, 0.1) is 11.4 Å². The number of aromatic amines is 1. The molecular formula is C15H10ClNO5S2. The van der Waals surface area contributed by atoms with Gasteiger partial charge in [0.1, 0.15) is 11.2 Å². The second-order valence-electron chi connectivity index (χ2n) is 5.73. The van der Waals surface area contributed by atoms with Crippen LogP contribution in [0.1, 0.15) is 22.8 Å². The van der Waals surface area contributed by atoms with Crippen LogP contribution in [0, 0.1) is 5.41 Å². The second-order valence-corrected chi connectivity index (χ2v) is 8.16. The summed E-state index contributed by atoms with van der Waals surface area (Å²) in [5.74, 6) is -1.66. The molecule has 0 unspecified atom stereocenters. The van der Waals surface area contributed by atoms with E-state index in [0.717, 1.165) is 11.3 Å². The Morgan fingerprint density at radius 2 is 2.25 bits per heavy atom. The van der Waals surface area contributed by atoms with Gasteiger partial charge in [0, 0.05) is 27.1 Å². The summed E-state index contributed by atoms with van der Waals surface area (Å²) in [5.41, 5.74) is -0.619. The van der Waals surface area contributed by atoms with Crippen molar-refractivity contribution in [3.63, 3.8) is 0 Å². The Balaban J connectivity index is 2.01. The predicted octanol–water partition coefficient (Wildman–Crippen LogP) is 2.71. The number of nitrogens with one attached hydrogen (secondary N) is 1. The third-order valence-electron chi connectivity index (χ3n) is 4.29. The summed E-state index contributed by atoms with van der Waals surface area (Å²) in [7, 11) is 0. The minimum Gasteiger partial charge on any atom is -0.481 e. The van der Waals surface area contributed by atoms with E-state index < -0.39 is 23.3 Å². The van der Waals surface area contributed by atoms with Crippen molar-refractivity contribution in [2.24, 2.45) is 5.41 Å². The van der Waals surface area contributed by atoms with Crippen LogP contribution in [0.3, 0.4) is 0 Å². The molecule has 2 atom stereocenters. The van der Waals surface area contributed by atoms with Crippen molar-refractivity contribution in [3.05, 3.63) is 43.3 Å². The van der Waals surface area contributed by atoms with Crippen molar-refractivity contribution in [1.29, 1.82) is 0 Å². The normalized spacial score (nSPS) is 24.5. The SMILES string of the molecule is O=C(O)C[C@]12CSc3[nH]c(=O)sc3[C@H]1c1cc(Cl)ccc1OC2=O. The number of esters is 1. The van der Waals surface area contributed by atoms with E-state index in [1.54, 1.807) is 18.2 Å². The van der Waals surface area contributed by atoms with Gasteiger partial charge >= 0.3 is 16.8 Å². The zero-order chi connectivity index (χ0) is 17.1. The topological polar surface area (TPSA) is 96.5 Å². The highest BCUT2D eigenvalue weighted by atomic mass is 35.5. The van der Waals surface area contributed by atoms with Gasteiger partial charge in [0.15, 0.2) is 0 Å². The summed E-state index contributed by atoms with van der Waals surface area (Å²) < 4.78 is 5.42. The molecule has 2 aliphatic heterocycles. The van der Waals surface area contributed by atoms with Crippen LogP contribution in [-0.4, -0.2) is 27.8 Å². The highest BCUT2D eigenvalue weighted by Crippen LogP contribution is 2.58. The van der Waals surface area contributed by atoms with Gasteiger partial charge in [-0.2, -0.15) is 0 Å². The first-order chi connectivity index (χ1) is 11.4. The van der Waals surface area contributed by atoms with Gasteiger partial charge in [-0.1, -0.05) is 22.9 Å². The van der Waals surface area contributed by atoms with Gasteiger partial charge in [0.2, 0.25) is 0 Å².